The molecule has 0 bridgehead atoms. The summed E-state index contributed by atoms with van der Waals surface area (Å²) in [5.41, 5.74) is 2.87. The van der Waals surface area contributed by atoms with E-state index in [9.17, 15) is 9.59 Å². The number of carbonyl (C=O) groups is 2. The number of carbonyl (C=O) groups excluding carboxylic acids is 2. The molecule has 2 amide bonds. The maximum Gasteiger partial charge on any atom is 0.242 e. The molecule has 0 radical (unpaired) electrons. The van der Waals surface area contributed by atoms with Crippen molar-refractivity contribution in [3.63, 3.8) is 0 Å². The SMILES string of the molecule is CC(C(=O)NC(C)(C)C)N(Cc1ccc(Cl)c(Cl)c1)C(=O)CCc1ccc(C(C)(C)C)cc1. The fourth-order valence-corrected chi connectivity index (χ4v) is 3.78. The van der Waals surface area contributed by atoms with Gasteiger partial charge in [0.1, 0.15) is 6.04 Å². The van der Waals surface area contributed by atoms with Crippen molar-refractivity contribution in [2.45, 2.75) is 84.8 Å². The number of rotatable bonds is 7. The minimum Gasteiger partial charge on any atom is -0.350 e. The van der Waals surface area contributed by atoms with E-state index in [2.05, 4.69) is 50.4 Å². The van der Waals surface area contributed by atoms with Gasteiger partial charge in [-0.2, -0.15) is 0 Å². The predicted molar refractivity (Wildman–Crippen MR) is 138 cm³/mol. The quantitative estimate of drug-likeness (QED) is 0.477. The zero-order valence-corrected chi connectivity index (χ0v) is 22.3. The fourth-order valence-electron chi connectivity index (χ4n) is 3.46. The van der Waals surface area contributed by atoms with Gasteiger partial charge in [-0.15, -0.1) is 0 Å². The normalized spacial score (nSPS) is 12.9. The van der Waals surface area contributed by atoms with E-state index in [-0.39, 0.29) is 23.8 Å². The summed E-state index contributed by atoms with van der Waals surface area (Å²) in [7, 11) is 0. The van der Waals surface area contributed by atoms with Crippen LogP contribution < -0.4 is 5.32 Å². The number of hydrogen-bond donors (Lipinski definition) is 1. The third kappa shape index (κ3) is 8.35. The van der Waals surface area contributed by atoms with Crippen molar-refractivity contribution in [1.29, 1.82) is 0 Å². The largest absolute Gasteiger partial charge is 0.350 e. The van der Waals surface area contributed by atoms with Gasteiger partial charge in [-0.25, -0.2) is 0 Å². The van der Waals surface area contributed by atoms with Crippen molar-refractivity contribution in [3.8, 4) is 0 Å². The Kier molecular flexibility index (Phi) is 9.01. The lowest BCUT2D eigenvalue weighted by Crippen LogP contribution is -2.52. The number of hydrogen-bond acceptors (Lipinski definition) is 2. The van der Waals surface area contributed by atoms with E-state index < -0.39 is 11.6 Å². The fraction of sp³-hybridized carbons (Fsp3) is 0.481. The molecule has 0 fully saturated rings. The molecule has 180 valence electrons. The zero-order chi connectivity index (χ0) is 25.0. The van der Waals surface area contributed by atoms with Crippen LogP contribution in [0.15, 0.2) is 42.5 Å². The van der Waals surface area contributed by atoms with E-state index in [4.69, 9.17) is 23.2 Å². The monoisotopic (exact) mass is 490 g/mol. The maximum absolute atomic E-state index is 13.3. The molecule has 2 aromatic rings. The minimum atomic E-state index is -0.630. The van der Waals surface area contributed by atoms with Crippen LogP contribution in [-0.2, 0) is 28.0 Å². The molecule has 0 saturated carbocycles. The molecular formula is C27H36Cl2N2O2. The molecule has 0 aromatic heterocycles. The molecular weight excluding hydrogens is 455 g/mol. The first-order chi connectivity index (χ1) is 15.2. The predicted octanol–water partition coefficient (Wildman–Crippen LogP) is 6.56. The van der Waals surface area contributed by atoms with Crippen LogP contribution in [0.2, 0.25) is 10.0 Å². The summed E-state index contributed by atoms with van der Waals surface area (Å²) < 4.78 is 0. The molecule has 0 aliphatic rings. The molecule has 6 heteroatoms. The molecule has 2 aromatic carbocycles. The number of aryl methyl sites for hydroxylation is 1. The smallest absolute Gasteiger partial charge is 0.242 e. The first-order valence-electron chi connectivity index (χ1n) is 11.3. The van der Waals surface area contributed by atoms with Crippen molar-refractivity contribution < 1.29 is 9.59 Å². The summed E-state index contributed by atoms with van der Waals surface area (Å²) in [6.07, 6.45) is 0.915. The van der Waals surface area contributed by atoms with Gasteiger partial charge in [-0.1, -0.05) is 74.3 Å². The molecule has 2 rings (SSSR count). The van der Waals surface area contributed by atoms with Crippen molar-refractivity contribution in [2.24, 2.45) is 0 Å². The summed E-state index contributed by atoms with van der Waals surface area (Å²) in [6.45, 7) is 14.3. The Labute approximate surface area is 208 Å². The van der Waals surface area contributed by atoms with Crippen molar-refractivity contribution in [3.05, 3.63) is 69.2 Å². The minimum absolute atomic E-state index is 0.0842. The molecule has 1 unspecified atom stereocenters. The van der Waals surface area contributed by atoms with Gasteiger partial charge in [0.15, 0.2) is 0 Å². The highest BCUT2D eigenvalue weighted by atomic mass is 35.5. The second-order valence-electron chi connectivity index (χ2n) is 10.6. The van der Waals surface area contributed by atoms with Crippen LogP contribution in [0, 0.1) is 0 Å². The summed E-state index contributed by atoms with van der Waals surface area (Å²) >= 11 is 12.2. The van der Waals surface area contributed by atoms with Crippen molar-refractivity contribution in [1.82, 2.24) is 10.2 Å². The topological polar surface area (TPSA) is 49.4 Å². The Morgan fingerprint density at radius 3 is 2.00 bits per heavy atom. The highest BCUT2D eigenvalue weighted by molar-refractivity contribution is 6.42. The molecule has 0 heterocycles. The van der Waals surface area contributed by atoms with Gasteiger partial charge in [-0.05, 0) is 68.4 Å². The molecule has 33 heavy (non-hydrogen) atoms. The third-order valence-corrected chi connectivity index (χ3v) is 6.19. The number of amides is 2. The molecule has 0 spiro atoms. The van der Waals surface area contributed by atoms with Gasteiger partial charge >= 0.3 is 0 Å². The summed E-state index contributed by atoms with van der Waals surface area (Å²) in [5, 5.41) is 3.85. The average molecular weight is 492 g/mol. The lowest BCUT2D eigenvalue weighted by Gasteiger charge is -2.31. The second kappa shape index (κ2) is 10.9. The van der Waals surface area contributed by atoms with E-state index >= 15 is 0 Å². The van der Waals surface area contributed by atoms with Crippen LogP contribution in [0.25, 0.3) is 0 Å². The van der Waals surface area contributed by atoms with Crippen LogP contribution in [-0.4, -0.2) is 28.3 Å². The van der Waals surface area contributed by atoms with E-state index in [1.807, 2.05) is 26.8 Å². The Bertz CT molecular complexity index is 973. The van der Waals surface area contributed by atoms with Gasteiger partial charge < -0.3 is 10.2 Å². The molecule has 4 nitrogen and oxygen atoms in total. The van der Waals surface area contributed by atoms with Gasteiger partial charge in [-0.3, -0.25) is 9.59 Å². The standard InChI is InChI=1S/C27H36Cl2N2O2/c1-18(25(33)30-27(5,6)7)31(17-20-10-14-22(28)23(29)16-20)24(32)15-11-19-8-12-21(13-9-19)26(2,3)4/h8-10,12-14,16,18H,11,15,17H2,1-7H3,(H,30,33). The summed E-state index contributed by atoms with van der Waals surface area (Å²) in [4.78, 5) is 27.8. The molecule has 1 N–H and O–H groups in total. The highest BCUT2D eigenvalue weighted by Gasteiger charge is 2.28. The lowest BCUT2D eigenvalue weighted by atomic mass is 9.86. The highest BCUT2D eigenvalue weighted by Crippen LogP contribution is 2.25. The van der Waals surface area contributed by atoms with Crippen LogP contribution >= 0.6 is 23.2 Å². The summed E-state index contributed by atoms with van der Waals surface area (Å²) in [6, 6.07) is 13.0. The molecule has 1 atom stereocenters. The van der Waals surface area contributed by atoms with Crippen LogP contribution in [0.4, 0.5) is 0 Å². The van der Waals surface area contributed by atoms with Crippen molar-refractivity contribution in [2.75, 3.05) is 0 Å². The number of halogens is 2. The van der Waals surface area contributed by atoms with Gasteiger partial charge in [0.25, 0.3) is 0 Å². The first-order valence-corrected chi connectivity index (χ1v) is 12.1. The van der Waals surface area contributed by atoms with E-state index in [1.165, 1.54) is 5.56 Å². The van der Waals surface area contributed by atoms with Crippen LogP contribution in [0.1, 0.15) is 71.6 Å². The van der Waals surface area contributed by atoms with E-state index in [0.29, 0.717) is 22.9 Å². The third-order valence-electron chi connectivity index (χ3n) is 5.45. The van der Waals surface area contributed by atoms with Gasteiger partial charge in [0.2, 0.25) is 11.8 Å². The second-order valence-corrected chi connectivity index (χ2v) is 11.4. The number of benzene rings is 2. The molecule has 0 saturated heterocycles. The lowest BCUT2D eigenvalue weighted by molar-refractivity contribution is -0.141. The molecule has 0 aliphatic carbocycles. The zero-order valence-electron chi connectivity index (χ0n) is 20.8. The number of nitrogens with zero attached hydrogens (tertiary/aromatic N) is 1. The first kappa shape index (κ1) is 27.2. The Morgan fingerprint density at radius 1 is 0.909 bits per heavy atom. The Hall–Kier alpha value is -2.04. The maximum atomic E-state index is 13.3. The Morgan fingerprint density at radius 2 is 1.48 bits per heavy atom. The number of nitrogens with one attached hydrogen (secondary N) is 1. The van der Waals surface area contributed by atoms with Crippen LogP contribution in [0.3, 0.4) is 0 Å². The Balaban J connectivity index is 2.19. The van der Waals surface area contributed by atoms with Crippen molar-refractivity contribution >= 4 is 35.0 Å². The van der Waals surface area contributed by atoms with Crippen LogP contribution in [0.5, 0.6) is 0 Å². The summed E-state index contributed by atoms with van der Waals surface area (Å²) in [5.74, 6) is -0.275. The van der Waals surface area contributed by atoms with E-state index in [0.717, 1.165) is 11.1 Å². The average Bonchev–Trinajstić information content (AvgIpc) is 2.70. The molecule has 0 aliphatic heterocycles. The van der Waals surface area contributed by atoms with Gasteiger partial charge in [0, 0.05) is 18.5 Å². The van der Waals surface area contributed by atoms with Gasteiger partial charge in [0.05, 0.1) is 10.0 Å². The van der Waals surface area contributed by atoms with E-state index in [1.54, 1.807) is 24.0 Å².